The Balaban J connectivity index is 0.918. The largest absolute Gasteiger partial charge is 0.310 e. The van der Waals surface area contributed by atoms with Gasteiger partial charge in [-0.3, -0.25) is 0 Å². The summed E-state index contributed by atoms with van der Waals surface area (Å²) in [5.74, 6) is 0. The van der Waals surface area contributed by atoms with Gasteiger partial charge in [-0.15, -0.1) is 0 Å². The third kappa shape index (κ3) is 6.88. The third-order valence-corrected chi connectivity index (χ3v) is 19.0. The van der Waals surface area contributed by atoms with E-state index in [-0.39, 0.29) is 35.1 Å². The first-order valence-electron chi connectivity index (χ1n) is 31.9. The molecule has 17 rings (SSSR count). The van der Waals surface area contributed by atoms with Crippen molar-refractivity contribution in [3.8, 4) is 55.6 Å². The van der Waals surface area contributed by atoms with Crippen LogP contribution in [0.4, 0.5) is 34.1 Å². The average Bonchev–Trinajstić information content (AvgIpc) is 1.51. The van der Waals surface area contributed by atoms with E-state index in [4.69, 9.17) is 4.11 Å². The Bertz CT molecular complexity index is 5050. The second-order valence-corrected chi connectivity index (χ2v) is 23.5. The van der Waals surface area contributed by atoms with Crippen molar-refractivity contribution < 1.29 is 6.85 Å². The molecule has 4 aliphatic rings. The molecule has 4 aliphatic carbocycles. The van der Waals surface area contributed by atoms with E-state index < -0.39 is 16.9 Å². The van der Waals surface area contributed by atoms with Crippen molar-refractivity contribution in [1.82, 2.24) is 0 Å². The maximum absolute atomic E-state index is 9.39. The van der Waals surface area contributed by atoms with Gasteiger partial charge < -0.3 is 9.80 Å². The van der Waals surface area contributed by atoms with Crippen molar-refractivity contribution in [2.75, 3.05) is 9.80 Å². The quantitative estimate of drug-likeness (QED) is 0.142. The average molecular weight is 1090 g/mol. The van der Waals surface area contributed by atoms with Crippen LogP contribution >= 0.6 is 0 Å². The molecule has 0 bridgehead atoms. The van der Waals surface area contributed by atoms with Gasteiger partial charge in [0.2, 0.25) is 0 Å². The molecule has 0 amide bonds. The van der Waals surface area contributed by atoms with Crippen molar-refractivity contribution in [2.45, 2.75) is 30.1 Å². The lowest BCUT2D eigenvalue weighted by Crippen LogP contribution is -2.28. The summed E-state index contributed by atoms with van der Waals surface area (Å²) in [4.78, 5) is 4.72. The summed E-state index contributed by atoms with van der Waals surface area (Å²) in [7, 11) is 0. The summed E-state index contributed by atoms with van der Waals surface area (Å²) in [6, 6.07) is 102. The number of hydrogen-bond acceptors (Lipinski definition) is 2. The van der Waals surface area contributed by atoms with E-state index in [1.165, 1.54) is 77.9 Å². The highest BCUT2D eigenvalue weighted by atomic mass is 15.2. The Hall–Kier alpha value is -10.5. The highest BCUT2D eigenvalue weighted by Gasteiger charge is 2.53. The van der Waals surface area contributed by atoms with Gasteiger partial charge in [-0.1, -0.05) is 269 Å². The monoisotopic (exact) mass is 1090 g/mol. The fraction of sp³-hybridized carbons (Fsp3) is 0.0602. The van der Waals surface area contributed by atoms with Gasteiger partial charge in [0, 0.05) is 39.3 Å². The highest BCUT2D eigenvalue weighted by Crippen LogP contribution is 2.65. The Labute approximate surface area is 504 Å². The van der Waals surface area contributed by atoms with Crippen molar-refractivity contribution in [3.63, 3.8) is 0 Å². The Kier molecular flexibility index (Phi) is 9.72. The van der Waals surface area contributed by atoms with Crippen LogP contribution in [0.25, 0.3) is 55.6 Å². The maximum atomic E-state index is 9.39. The van der Waals surface area contributed by atoms with Crippen LogP contribution in [0.2, 0.25) is 0 Å². The first-order chi connectivity index (χ1) is 44.0. The second-order valence-electron chi connectivity index (χ2n) is 23.5. The number of hydrogen-bond donors (Lipinski definition) is 0. The number of para-hydroxylation sites is 2. The molecule has 0 aliphatic heterocycles. The molecule has 85 heavy (non-hydrogen) atoms. The third-order valence-electron chi connectivity index (χ3n) is 19.0. The number of rotatable bonds is 9. The molecule has 0 N–H and O–H groups in total. The standard InChI is InChI=1S/C83H58N2/c1-81(2)70-39-20-15-35-63(70)66-49-46-59(52-75(66)81)85(78-44-24-19-34-62(78)55-26-7-3-8-27-55)61-48-51-68-65-37-17-22-41-72(65)83(77(68)54-61)71-40-21-16-36-64(71)67-50-47-60(53-76(67)83)84(58-32-13-6-14-33-58)79-45-25-43-74-80(79)69-38-18-23-42-73(69)82(74,56-28-9-4-10-29-56)57-30-11-5-12-31-57/h3-54H,1-2H3/i3D,7D,8D,26D,27D. The van der Waals surface area contributed by atoms with Crippen LogP contribution in [-0.2, 0) is 16.2 Å². The van der Waals surface area contributed by atoms with E-state index in [9.17, 15) is 2.74 Å². The summed E-state index contributed by atoms with van der Waals surface area (Å²) < 4.78 is 45.2. The molecule has 0 fully saturated rings. The molecule has 0 radical (unpaired) electrons. The van der Waals surface area contributed by atoms with Gasteiger partial charge in [0.1, 0.15) is 0 Å². The zero-order chi connectivity index (χ0) is 60.8. The lowest BCUT2D eigenvalue weighted by molar-refractivity contribution is 0.660. The van der Waals surface area contributed by atoms with Gasteiger partial charge in [-0.05, 0) is 161 Å². The van der Waals surface area contributed by atoms with Gasteiger partial charge in [-0.25, -0.2) is 0 Å². The summed E-state index contributed by atoms with van der Waals surface area (Å²) in [6.07, 6.45) is 0. The van der Waals surface area contributed by atoms with Crippen LogP contribution in [0.5, 0.6) is 0 Å². The minimum absolute atomic E-state index is 0.146. The van der Waals surface area contributed by atoms with Crippen LogP contribution in [0.15, 0.2) is 315 Å². The molecule has 2 heteroatoms. The van der Waals surface area contributed by atoms with E-state index in [1.807, 2.05) is 24.3 Å². The van der Waals surface area contributed by atoms with Gasteiger partial charge in [0.05, 0.1) is 29.1 Å². The zero-order valence-corrected chi connectivity index (χ0v) is 47.0. The van der Waals surface area contributed by atoms with E-state index in [1.54, 1.807) is 0 Å². The lowest BCUT2D eigenvalue weighted by atomic mass is 9.68. The first kappa shape index (κ1) is 44.1. The number of benzene rings is 13. The molecule has 13 aromatic carbocycles. The fourth-order valence-electron chi connectivity index (χ4n) is 15.6. The number of anilines is 6. The molecule has 1 atom stereocenters. The Morgan fingerprint density at radius 2 is 0.659 bits per heavy atom. The fourth-order valence-corrected chi connectivity index (χ4v) is 15.6. The number of fused-ring (bicyclic) bond motifs is 16. The van der Waals surface area contributed by atoms with Crippen molar-refractivity contribution in [1.29, 1.82) is 0 Å². The maximum Gasteiger partial charge on any atom is 0.0727 e. The van der Waals surface area contributed by atoms with E-state index in [0.29, 0.717) is 11.3 Å². The summed E-state index contributed by atoms with van der Waals surface area (Å²) in [5, 5.41) is 0. The molecule has 1 unspecified atom stereocenters. The lowest BCUT2D eigenvalue weighted by Gasteiger charge is -2.35. The first-order valence-corrected chi connectivity index (χ1v) is 29.4. The summed E-state index contributed by atoms with van der Waals surface area (Å²) in [5.41, 5.74) is 25.9. The predicted molar refractivity (Wildman–Crippen MR) is 352 cm³/mol. The zero-order valence-electron chi connectivity index (χ0n) is 52.0. The van der Waals surface area contributed by atoms with Crippen LogP contribution in [0, 0.1) is 0 Å². The molecular weight excluding hydrogens is 1020 g/mol. The predicted octanol–water partition coefficient (Wildman–Crippen LogP) is 21.3. The van der Waals surface area contributed by atoms with Gasteiger partial charge >= 0.3 is 0 Å². The normalized spacial score (nSPS) is 16.2. The molecule has 400 valence electrons. The van der Waals surface area contributed by atoms with Crippen LogP contribution in [-0.4, -0.2) is 0 Å². The van der Waals surface area contributed by atoms with E-state index in [2.05, 4.69) is 285 Å². The van der Waals surface area contributed by atoms with Gasteiger partial charge in [-0.2, -0.15) is 0 Å². The summed E-state index contributed by atoms with van der Waals surface area (Å²) >= 11 is 0. The SMILES string of the molecule is [2H]c1c([2H])c([2H])c(-c2ccccc2N(c2ccc3c(c2)C(C)(C)c2ccccc2-3)c2ccc3c(c2)C2(c4ccccc4-3)c3ccccc3-c3ccc(N(c4ccccc4)c4cccc5c4-c4ccccc4C5(c4ccccc4)c4ccccc4)cc32)c([2H])c1[2H]. The minimum Gasteiger partial charge on any atom is -0.310 e. The van der Waals surface area contributed by atoms with Crippen molar-refractivity contribution in [2.24, 2.45) is 0 Å². The molecule has 0 saturated carbocycles. The van der Waals surface area contributed by atoms with Crippen molar-refractivity contribution in [3.05, 3.63) is 371 Å². The highest BCUT2D eigenvalue weighted by molar-refractivity contribution is 6.01. The molecule has 0 aromatic heterocycles. The molecule has 13 aromatic rings. The molecule has 2 nitrogen and oxygen atoms in total. The van der Waals surface area contributed by atoms with Crippen LogP contribution in [0.1, 0.15) is 76.3 Å². The van der Waals surface area contributed by atoms with Gasteiger partial charge in [0.15, 0.2) is 0 Å². The molecule has 1 spiro atoms. The smallest absolute Gasteiger partial charge is 0.0727 e. The Morgan fingerprint density at radius 1 is 0.271 bits per heavy atom. The molecular formula is C83H58N2. The number of nitrogens with zero attached hydrogens (tertiary/aromatic N) is 2. The summed E-state index contributed by atoms with van der Waals surface area (Å²) in [6.45, 7) is 4.58. The molecule has 0 saturated heterocycles. The van der Waals surface area contributed by atoms with Crippen molar-refractivity contribution >= 4 is 34.1 Å². The Morgan fingerprint density at radius 3 is 1.22 bits per heavy atom. The minimum atomic E-state index is -0.813. The van der Waals surface area contributed by atoms with E-state index in [0.717, 1.165) is 50.7 Å². The van der Waals surface area contributed by atoms with Gasteiger partial charge in [0.25, 0.3) is 0 Å². The van der Waals surface area contributed by atoms with E-state index >= 15 is 0 Å². The van der Waals surface area contributed by atoms with Crippen LogP contribution < -0.4 is 9.80 Å². The topological polar surface area (TPSA) is 6.48 Å². The van der Waals surface area contributed by atoms with Crippen LogP contribution in [0.3, 0.4) is 0 Å². The second kappa shape index (κ2) is 18.7. The molecule has 0 heterocycles.